The Kier molecular flexibility index (Phi) is 16.8. The number of benzene rings is 1. The van der Waals surface area contributed by atoms with Gasteiger partial charge >= 0.3 is 0 Å². The number of amides is 1. The van der Waals surface area contributed by atoms with Crippen LogP contribution in [-0.4, -0.2) is 58.9 Å². The molecule has 0 saturated carbocycles. The monoisotopic (exact) mass is 454 g/mol. The van der Waals surface area contributed by atoms with E-state index in [1.165, 1.54) is 4.90 Å². The van der Waals surface area contributed by atoms with E-state index in [1.54, 1.807) is 0 Å². The van der Waals surface area contributed by atoms with Crippen LogP contribution in [0.4, 0.5) is 17.1 Å². The Morgan fingerprint density at radius 2 is 1.52 bits per heavy atom. The largest absolute Gasteiger partial charge is 0.395 e. The molecule has 2 N–H and O–H groups in total. The predicted octanol–water partition coefficient (Wildman–Crippen LogP) is 3.56. The predicted molar refractivity (Wildman–Crippen MR) is 116 cm³/mol. The number of nitrogens with one attached hydrogen (secondary N) is 1. The molecule has 0 saturated heterocycles. The highest BCUT2D eigenvalue weighted by atomic mass is 35.5. The molecule has 0 heterocycles. The number of carbonyl (C=O) groups is 1. The first-order valence-corrected chi connectivity index (χ1v) is 10.2. The molecule has 0 fully saturated rings. The third-order valence-corrected chi connectivity index (χ3v) is 3.52. The van der Waals surface area contributed by atoms with E-state index >= 15 is 0 Å². The van der Waals surface area contributed by atoms with Crippen LogP contribution in [0.5, 0.6) is 0 Å². The van der Waals surface area contributed by atoms with Crippen molar-refractivity contribution in [2.75, 3.05) is 42.9 Å². The fourth-order valence-corrected chi connectivity index (χ4v) is 2.53. The Morgan fingerprint density at radius 3 is 1.90 bits per heavy atom. The van der Waals surface area contributed by atoms with E-state index in [-0.39, 0.29) is 49.3 Å². The molecule has 1 aromatic carbocycles. The molecular weight excluding hydrogens is 427 g/mol. The molecule has 1 amide bonds. The number of carbonyl (C=O) groups excluding carboxylic acids is 1. The van der Waals surface area contributed by atoms with Crippen molar-refractivity contribution in [2.24, 2.45) is 0 Å². The lowest BCUT2D eigenvalue weighted by atomic mass is 10.1. The third-order valence-electron chi connectivity index (χ3n) is 3.18. The van der Waals surface area contributed by atoms with E-state index in [1.807, 2.05) is 27.7 Å². The minimum absolute atomic E-state index is 0.00560. The Balaban J connectivity index is 0. The Hall–Kier alpha value is -2.17. The van der Waals surface area contributed by atoms with Crippen LogP contribution < -0.4 is 10.2 Å². The van der Waals surface area contributed by atoms with Gasteiger partial charge in [-0.25, -0.2) is 0 Å². The van der Waals surface area contributed by atoms with Crippen molar-refractivity contribution < 1.29 is 19.7 Å². The first-order valence-electron chi connectivity index (χ1n) is 9.10. The standard InChI is InChI=1S/C13H16Cl2N4O6.2C2H6/c14-1-4-17(5-2-15)11-7-9(13(21)16-3-6-20)10(18(22)23)8-12(11)19(24)25;2*1-2/h7-8,20H,1-6H2,(H,16,21);2*1-2H3. The van der Waals surface area contributed by atoms with Gasteiger partial charge in [0, 0.05) is 31.4 Å². The average Bonchev–Trinajstić information content (AvgIpc) is 2.73. The van der Waals surface area contributed by atoms with Crippen molar-refractivity contribution in [3.63, 3.8) is 0 Å². The van der Waals surface area contributed by atoms with Crippen LogP contribution in [0, 0.1) is 20.2 Å². The van der Waals surface area contributed by atoms with E-state index in [0.717, 1.165) is 12.1 Å². The Bertz CT molecular complexity index is 655. The molecule has 0 atom stereocenters. The maximum Gasteiger partial charge on any atom is 0.299 e. The summed E-state index contributed by atoms with van der Waals surface area (Å²) in [5.41, 5.74) is -1.58. The number of aliphatic hydroxyl groups is 1. The number of nitro groups is 2. The number of hydrogen-bond acceptors (Lipinski definition) is 7. The summed E-state index contributed by atoms with van der Waals surface area (Å²) in [6, 6.07) is 1.81. The van der Waals surface area contributed by atoms with Gasteiger partial charge in [-0.15, -0.1) is 23.2 Å². The van der Waals surface area contributed by atoms with Gasteiger partial charge in [-0.2, -0.15) is 0 Å². The zero-order valence-corrected chi connectivity index (χ0v) is 18.5. The number of anilines is 1. The van der Waals surface area contributed by atoms with Gasteiger partial charge in [-0.3, -0.25) is 25.0 Å². The number of rotatable bonds is 10. The maximum absolute atomic E-state index is 12.1. The van der Waals surface area contributed by atoms with Crippen LogP contribution in [0.2, 0.25) is 0 Å². The van der Waals surface area contributed by atoms with Gasteiger partial charge < -0.3 is 15.3 Å². The van der Waals surface area contributed by atoms with Crippen molar-refractivity contribution in [2.45, 2.75) is 27.7 Å². The molecule has 10 nitrogen and oxygen atoms in total. The molecule has 0 radical (unpaired) electrons. The van der Waals surface area contributed by atoms with Gasteiger partial charge in [0.05, 0.1) is 22.5 Å². The van der Waals surface area contributed by atoms with Gasteiger partial charge in [0.1, 0.15) is 11.3 Å². The lowest BCUT2D eigenvalue weighted by Gasteiger charge is -2.23. The summed E-state index contributed by atoms with van der Waals surface area (Å²) < 4.78 is 0. The van der Waals surface area contributed by atoms with Crippen LogP contribution in [0.3, 0.4) is 0 Å². The average molecular weight is 455 g/mol. The Morgan fingerprint density at radius 1 is 1.03 bits per heavy atom. The van der Waals surface area contributed by atoms with E-state index in [0.29, 0.717) is 0 Å². The molecule has 0 aliphatic rings. The zero-order chi connectivity index (χ0) is 23.0. The number of nitrogens with zero attached hydrogens (tertiary/aromatic N) is 3. The number of halogens is 2. The highest BCUT2D eigenvalue weighted by Crippen LogP contribution is 2.35. The van der Waals surface area contributed by atoms with Gasteiger partial charge in [0.2, 0.25) is 0 Å². The fourth-order valence-electron chi connectivity index (χ4n) is 2.12. The molecule has 0 aromatic heterocycles. The smallest absolute Gasteiger partial charge is 0.299 e. The van der Waals surface area contributed by atoms with Crippen molar-refractivity contribution >= 4 is 46.2 Å². The summed E-state index contributed by atoms with van der Waals surface area (Å²) in [5, 5.41) is 33.6. The SMILES string of the molecule is CC.CC.O=C(NCCO)c1cc(N(CCCl)CCCl)c([N+](=O)[O-])cc1[N+](=O)[O-]. The normalized spacial score (nSPS) is 9.34. The molecule has 29 heavy (non-hydrogen) atoms. The van der Waals surface area contributed by atoms with Crippen LogP contribution in [0.25, 0.3) is 0 Å². The molecule has 0 spiro atoms. The lowest BCUT2D eigenvalue weighted by molar-refractivity contribution is -0.393. The second kappa shape index (κ2) is 16.8. The van der Waals surface area contributed by atoms with Gasteiger partial charge in [-0.1, -0.05) is 27.7 Å². The number of nitro benzene ring substituents is 2. The van der Waals surface area contributed by atoms with Crippen molar-refractivity contribution in [1.29, 1.82) is 0 Å². The van der Waals surface area contributed by atoms with Crippen LogP contribution in [0.1, 0.15) is 38.1 Å². The van der Waals surface area contributed by atoms with Crippen molar-refractivity contribution in [3.8, 4) is 0 Å². The molecule has 0 aliphatic carbocycles. The van der Waals surface area contributed by atoms with Crippen LogP contribution >= 0.6 is 23.2 Å². The summed E-state index contributed by atoms with van der Waals surface area (Å²) >= 11 is 11.4. The lowest BCUT2D eigenvalue weighted by Crippen LogP contribution is -2.30. The first kappa shape index (κ1) is 29.0. The van der Waals surface area contributed by atoms with Crippen molar-refractivity contribution in [3.05, 3.63) is 37.9 Å². The summed E-state index contributed by atoms with van der Waals surface area (Å²) in [5.74, 6) is -0.553. The first-order chi connectivity index (χ1) is 13.9. The molecule has 0 bridgehead atoms. The minimum Gasteiger partial charge on any atom is -0.395 e. The summed E-state index contributed by atoms with van der Waals surface area (Å²) in [6.07, 6.45) is 0. The molecule has 1 rings (SSSR count). The molecule has 1 aromatic rings. The van der Waals surface area contributed by atoms with Gasteiger partial charge in [0.25, 0.3) is 17.3 Å². The molecule has 12 heteroatoms. The third kappa shape index (κ3) is 9.25. The van der Waals surface area contributed by atoms with E-state index in [4.69, 9.17) is 28.3 Å². The molecular formula is C17H28Cl2N4O6. The van der Waals surface area contributed by atoms with Crippen molar-refractivity contribution in [1.82, 2.24) is 5.32 Å². The van der Waals surface area contributed by atoms with E-state index < -0.39 is 27.1 Å². The molecule has 166 valence electrons. The number of aliphatic hydroxyl groups excluding tert-OH is 1. The van der Waals surface area contributed by atoms with E-state index in [2.05, 4.69) is 5.32 Å². The maximum atomic E-state index is 12.1. The fraction of sp³-hybridized carbons (Fsp3) is 0.588. The summed E-state index contributed by atoms with van der Waals surface area (Å²) in [7, 11) is 0. The number of alkyl halides is 2. The second-order valence-electron chi connectivity index (χ2n) is 4.72. The summed E-state index contributed by atoms with van der Waals surface area (Å²) in [6.45, 7) is 7.93. The molecule has 0 aliphatic heterocycles. The van der Waals surface area contributed by atoms with Crippen LogP contribution in [0.15, 0.2) is 12.1 Å². The Labute approximate surface area is 180 Å². The highest BCUT2D eigenvalue weighted by Gasteiger charge is 2.30. The summed E-state index contributed by atoms with van der Waals surface area (Å²) in [4.78, 5) is 34.5. The quantitative estimate of drug-likeness (QED) is 0.312. The van der Waals surface area contributed by atoms with E-state index in [9.17, 15) is 25.0 Å². The number of hydrogen-bond donors (Lipinski definition) is 2. The molecule has 0 unspecified atom stereocenters. The topological polar surface area (TPSA) is 139 Å². The second-order valence-corrected chi connectivity index (χ2v) is 5.47. The van der Waals surface area contributed by atoms with Crippen LogP contribution in [-0.2, 0) is 0 Å². The minimum atomic E-state index is -0.877. The zero-order valence-electron chi connectivity index (χ0n) is 17.0. The van der Waals surface area contributed by atoms with Gasteiger partial charge in [0.15, 0.2) is 0 Å². The van der Waals surface area contributed by atoms with Gasteiger partial charge in [-0.05, 0) is 6.07 Å². The highest BCUT2D eigenvalue weighted by molar-refractivity contribution is 6.18.